The summed E-state index contributed by atoms with van der Waals surface area (Å²) in [7, 11) is 0. The Morgan fingerprint density at radius 3 is 2.29 bits per heavy atom. The second-order valence-electron chi connectivity index (χ2n) is 6.29. The van der Waals surface area contributed by atoms with Crippen molar-refractivity contribution >= 4 is 11.8 Å². The SMILES string of the molecule is NCC1(N2CCSCC2)CCN(Cc2ccccc2)CC1. The maximum absolute atomic E-state index is 6.20. The van der Waals surface area contributed by atoms with E-state index in [0.29, 0.717) is 0 Å². The number of hydrogen-bond acceptors (Lipinski definition) is 4. The second-order valence-corrected chi connectivity index (χ2v) is 7.51. The first kappa shape index (κ1) is 15.3. The monoisotopic (exact) mass is 305 g/mol. The summed E-state index contributed by atoms with van der Waals surface area (Å²) in [5.41, 5.74) is 7.90. The summed E-state index contributed by atoms with van der Waals surface area (Å²) in [6.07, 6.45) is 2.45. The average Bonchev–Trinajstić information content (AvgIpc) is 2.58. The third-order valence-electron chi connectivity index (χ3n) is 5.10. The van der Waals surface area contributed by atoms with Crippen molar-refractivity contribution in [1.82, 2.24) is 9.80 Å². The average molecular weight is 305 g/mol. The zero-order valence-electron chi connectivity index (χ0n) is 12.8. The van der Waals surface area contributed by atoms with Crippen LogP contribution in [0.1, 0.15) is 18.4 Å². The van der Waals surface area contributed by atoms with E-state index < -0.39 is 0 Å². The van der Waals surface area contributed by atoms with Crippen LogP contribution in [0.4, 0.5) is 0 Å². The molecule has 21 heavy (non-hydrogen) atoms. The fourth-order valence-electron chi connectivity index (χ4n) is 3.66. The molecule has 0 unspecified atom stereocenters. The predicted molar refractivity (Wildman–Crippen MR) is 91.6 cm³/mol. The molecule has 1 aromatic rings. The Morgan fingerprint density at radius 2 is 1.67 bits per heavy atom. The molecule has 0 spiro atoms. The van der Waals surface area contributed by atoms with Crippen LogP contribution in [0, 0.1) is 0 Å². The van der Waals surface area contributed by atoms with Gasteiger partial charge in [-0.2, -0.15) is 11.8 Å². The van der Waals surface area contributed by atoms with E-state index in [0.717, 1.165) is 13.1 Å². The normalized spacial score (nSPS) is 24.0. The Labute approximate surface area is 132 Å². The maximum Gasteiger partial charge on any atom is 0.0356 e. The number of piperidine rings is 1. The van der Waals surface area contributed by atoms with Crippen molar-refractivity contribution < 1.29 is 0 Å². The van der Waals surface area contributed by atoms with Gasteiger partial charge in [0.2, 0.25) is 0 Å². The summed E-state index contributed by atoms with van der Waals surface area (Å²) in [6, 6.07) is 10.8. The molecule has 2 aliphatic rings. The molecule has 4 heteroatoms. The van der Waals surface area contributed by atoms with Gasteiger partial charge in [-0.25, -0.2) is 0 Å². The van der Waals surface area contributed by atoms with Crippen molar-refractivity contribution in [3.63, 3.8) is 0 Å². The van der Waals surface area contributed by atoms with Crippen LogP contribution in [0.2, 0.25) is 0 Å². The highest BCUT2D eigenvalue weighted by molar-refractivity contribution is 7.99. The molecule has 116 valence electrons. The van der Waals surface area contributed by atoms with E-state index in [9.17, 15) is 0 Å². The summed E-state index contributed by atoms with van der Waals surface area (Å²) in [5.74, 6) is 2.55. The lowest BCUT2D eigenvalue weighted by Gasteiger charge is -2.49. The standard InChI is InChI=1S/C17H27N3S/c18-15-17(20-10-12-21-13-11-20)6-8-19(9-7-17)14-16-4-2-1-3-5-16/h1-5H,6-15,18H2. The van der Waals surface area contributed by atoms with E-state index in [2.05, 4.69) is 51.9 Å². The minimum Gasteiger partial charge on any atom is -0.329 e. The highest BCUT2D eigenvalue weighted by Crippen LogP contribution is 2.30. The van der Waals surface area contributed by atoms with E-state index >= 15 is 0 Å². The lowest BCUT2D eigenvalue weighted by atomic mass is 9.85. The minimum absolute atomic E-state index is 0.272. The van der Waals surface area contributed by atoms with Gasteiger partial charge in [0.25, 0.3) is 0 Å². The molecule has 0 radical (unpaired) electrons. The Kier molecular flexibility index (Phi) is 5.22. The summed E-state index contributed by atoms with van der Waals surface area (Å²) >= 11 is 2.08. The van der Waals surface area contributed by atoms with Crippen LogP contribution < -0.4 is 5.73 Å². The van der Waals surface area contributed by atoms with Gasteiger partial charge in [0.15, 0.2) is 0 Å². The fourth-order valence-corrected chi connectivity index (χ4v) is 4.56. The van der Waals surface area contributed by atoms with Crippen LogP contribution >= 0.6 is 11.8 Å². The highest BCUT2D eigenvalue weighted by atomic mass is 32.2. The number of likely N-dealkylation sites (tertiary alicyclic amines) is 1. The topological polar surface area (TPSA) is 32.5 Å². The number of nitrogens with zero attached hydrogens (tertiary/aromatic N) is 2. The van der Waals surface area contributed by atoms with Gasteiger partial charge in [0, 0.05) is 56.3 Å². The molecule has 3 nitrogen and oxygen atoms in total. The van der Waals surface area contributed by atoms with Crippen molar-refractivity contribution in [3.8, 4) is 0 Å². The van der Waals surface area contributed by atoms with Gasteiger partial charge in [0.1, 0.15) is 0 Å². The van der Waals surface area contributed by atoms with E-state index in [1.54, 1.807) is 0 Å². The molecule has 0 amide bonds. The minimum atomic E-state index is 0.272. The Bertz CT molecular complexity index is 423. The Morgan fingerprint density at radius 1 is 1.00 bits per heavy atom. The molecular weight excluding hydrogens is 278 g/mol. The molecule has 2 saturated heterocycles. The van der Waals surface area contributed by atoms with Crippen LogP contribution in [0.3, 0.4) is 0 Å². The van der Waals surface area contributed by atoms with E-state index in [4.69, 9.17) is 5.73 Å². The number of benzene rings is 1. The lowest BCUT2D eigenvalue weighted by molar-refractivity contribution is 0.0312. The maximum atomic E-state index is 6.20. The number of nitrogens with two attached hydrogens (primary N) is 1. The first-order valence-electron chi connectivity index (χ1n) is 8.12. The molecule has 0 saturated carbocycles. The lowest BCUT2D eigenvalue weighted by Crippen LogP contribution is -2.61. The fraction of sp³-hybridized carbons (Fsp3) is 0.647. The van der Waals surface area contributed by atoms with Crippen LogP contribution in [0.15, 0.2) is 30.3 Å². The molecule has 0 aromatic heterocycles. The molecule has 2 aliphatic heterocycles. The van der Waals surface area contributed by atoms with E-state index in [1.165, 1.54) is 56.1 Å². The van der Waals surface area contributed by atoms with Gasteiger partial charge in [-0.15, -0.1) is 0 Å². The van der Waals surface area contributed by atoms with Crippen molar-refractivity contribution in [2.75, 3.05) is 44.2 Å². The molecule has 2 fully saturated rings. The molecule has 2 heterocycles. The smallest absolute Gasteiger partial charge is 0.0356 e. The van der Waals surface area contributed by atoms with Crippen LogP contribution in [0.5, 0.6) is 0 Å². The zero-order valence-corrected chi connectivity index (χ0v) is 13.7. The third kappa shape index (κ3) is 3.62. The van der Waals surface area contributed by atoms with Gasteiger partial charge >= 0.3 is 0 Å². The molecule has 0 aliphatic carbocycles. The Hall–Kier alpha value is -0.550. The molecular formula is C17H27N3S. The van der Waals surface area contributed by atoms with E-state index in [1.807, 2.05) is 0 Å². The summed E-state index contributed by atoms with van der Waals surface area (Å²) < 4.78 is 0. The number of rotatable bonds is 4. The van der Waals surface area contributed by atoms with Crippen molar-refractivity contribution in [2.45, 2.75) is 24.9 Å². The quantitative estimate of drug-likeness (QED) is 0.922. The van der Waals surface area contributed by atoms with Gasteiger partial charge in [-0.1, -0.05) is 30.3 Å². The predicted octanol–water partition coefficient (Wildman–Crippen LogP) is 2.03. The van der Waals surface area contributed by atoms with Crippen LogP contribution in [-0.4, -0.2) is 59.6 Å². The van der Waals surface area contributed by atoms with Crippen molar-refractivity contribution in [1.29, 1.82) is 0 Å². The van der Waals surface area contributed by atoms with Crippen molar-refractivity contribution in [3.05, 3.63) is 35.9 Å². The third-order valence-corrected chi connectivity index (χ3v) is 6.04. The van der Waals surface area contributed by atoms with Crippen LogP contribution in [0.25, 0.3) is 0 Å². The first-order valence-corrected chi connectivity index (χ1v) is 9.27. The Balaban J connectivity index is 1.57. The van der Waals surface area contributed by atoms with E-state index in [-0.39, 0.29) is 5.54 Å². The summed E-state index contributed by atoms with van der Waals surface area (Å²) in [4.78, 5) is 5.27. The molecule has 3 rings (SSSR count). The zero-order chi connectivity index (χ0) is 14.5. The number of hydrogen-bond donors (Lipinski definition) is 1. The highest BCUT2D eigenvalue weighted by Gasteiger charge is 2.39. The molecule has 0 bridgehead atoms. The largest absolute Gasteiger partial charge is 0.329 e. The molecule has 2 N–H and O–H groups in total. The van der Waals surface area contributed by atoms with Gasteiger partial charge in [-0.3, -0.25) is 9.80 Å². The van der Waals surface area contributed by atoms with Crippen molar-refractivity contribution in [2.24, 2.45) is 5.73 Å². The molecule has 0 atom stereocenters. The van der Waals surface area contributed by atoms with Crippen LogP contribution in [-0.2, 0) is 6.54 Å². The van der Waals surface area contributed by atoms with Gasteiger partial charge < -0.3 is 5.73 Å². The summed E-state index contributed by atoms with van der Waals surface area (Å²) in [5, 5.41) is 0. The second kappa shape index (κ2) is 7.14. The molecule has 1 aromatic carbocycles. The van der Waals surface area contributed by atoms with Gasteiger partial charge in [-0.05, 0) is 18.4 Å². The summed E-state index contributed by atoms with van der Waals surface area (Å²) in [6.45, 7) is 6.70. The first-order chi connectivity index (χ1) is 10.3. The van der Waals surface area contributed by atoms with Gasteiger partial charge in [0.05, 0.1) is 0 Å². The number of thioether (sulfide) groups is 1.